The van der Waals surface area contributed by atoms with Crippen LogP contribution in [0.2, 0.25) is 5.28 Å². The second-order valence-corrected chi connectivity index (χ2v) is 2.73. The zero-order valence-corrected chi connectivity index (χ0v) is 8.80. The van der Waals surface area contributed by atoms with E-state index in [0.717, 1.165) is 6.54 Å². The third-order valence-corrected chi connectivity index (χ3v) is 1.49. The molecule has 0 aromatic carbocycles. The molecule has 0 atom stereocenters. The first-order valence-electron chi connectivity index (χ1n) is 4.14. The number of ether oxygens (including phenoxy) is 1. The Morgan fingerprint density at radius 1 is 1.21 bits per heavy atom. The predicted octanol–water partition coefficient (Wildman–Crippen LogP) is 0.973. The van der Waals surface area contributed by atoms with Crippen LogP contribution >= 0.6 is 11.6 Å². The van der Waals surface area contributed by atoms with Gasteiger partial charge >= 0.3 is 0 Å². The number of rotatable bonds is 5. The van der Waals surface area contributed by atoms with E-state index >= 15 is 0 Å². The van der Waals surface area contributed by atoms with Crippen molar-refractivity contribution in [3.05, 3.63) is 5.28 Å². The van der Waals surface area contributed by atoms with Gasteiger partial charge in [-0.2, -0.15) is 15.0 Å². The Balaban J connectivity index is 2.73. The van der Waals surface area contributed by atoms with Crippen molar-refractivity contribution < 1.29 is 4.74 Å². The van der Waals surface area contributed by atoms with Crippen LogP contribution in [-0.4, -0.2) is 35.3 Å². The summed E-state index contributed by atoms with van der Waals surface area (Å²) in [5.74, 6) is 0.842. The van der Waals surface area contributed by atoms with Crippen LogP contribution in [0.4, 0.5) is 11.9 Å². The third kappa shape index (κ3) is 3.31. The molecule has 1 aromatic heterocycles. The van der Waals surface area contributed by atoms with Crippen molar-refractivity contribution in [2.45, 2.75) is 6.92 Å². The highest BCUT2D eigenvalue weighted by Crippen LogP contribution is 2.08. The van der Waals surface area contributed by atoms with Gasteiger partial charge in [0.15, 0.2) is 0 Å². The highest BCUT2D eigenvalue weighted by atomic mass is 35.5. The van der Waals surface area contributed by atoms with Gasteiger partial charge in [0.05, 0.1) is 0 Å². The molecule has 0 aliphatic rings. The van der Waals surface area contributed by atoms with Crippen LogP contribution < -0.4 is 10.6 Å². The quantitative estimate of drug-likeness (QED) is 0.717. The SMILES string of the molecule is CCNc1nc(Cl)nc(NCOC)n1. The molecule has 0 saturated carbocycles. The Morgan fingerprint density at radius 3 is 2.43 bits per heavy atom. The van der Waals surface area contributed by atoms with E-state index in [4.69, 9.17) is 16.3 Å². The van der Waals surface area contributed by atoms with Crippen LogP contribution in [0.3, 0.4) is 0 Å². The molecule has 78 valence electrons. The van der Waals surface area contributed by atoms with Crippen molar-refractivity contribution in [2.24, 2.45) is 0 Å². The van der Waals surface area contributed by atoms with Crippen LogP contribution in [-0.2, 0) is 4.74 Å². The molecule has 0 aliphatic carbocycles. The van der Waals surface area contributed by atoms with Gasteiger partial charge in [-0.1, -0.05) is 0 Å². The first kappa shape index (κ1) is 10.9. The average molecular weight is 218 g/mol. The summed E-state index contributed by atoms with van der Waals surface area (Å²) in [4.78, 5) is 11.8. The number of hydrogen-bond acceptors (Lipinski definition) is 6. The molecule has 0 saturated heterocycles. The number of anilines is 2. The second kappa shape index (κ2) is 5.56. The van der Waals surface area contributed by atoms with Crippen LogP contribution in [0.15, 0.2) is 0 Å². The zero-order chi connectivity index (χ0) is 10.4. The number of nitrogens with one attached hydrogen (secondary N) is 2. The summed E-state index contributed by atoms with van der Waals surface area (Å²) in [5, 5.41) is 5.91. The molecule has 0 fully saturated rings. The lowest BCUT2D eigenvalue weighted by Gasteiger charge is -2.05. The van der Waals surface area contributed by atoms with Crippen LogP contribution in [0.25, 0.3) is 0 Å². The number of nitrogens with zero attached hydrogens (tertiary/aromatic N) is 3. The van der Waals surface area contributed by atoms with Crippen LogP contribution in [0.1, 0.15) is 6.92 Å². The lowest BCUT2D eigenvalue weighted by atomic mass is 10.7. The molecule has 0 spiro atoms. The summed E-state index contributed by atoms with van der Waals surface area (Å²) in [5.41, 5.74) is 0. The molecule has 1 aromatic rings. The molecule has 0 amide bonds. The van der Waals surface area contributed by atoms with Gasteiger partial charge < -0.3 is 15.4 Å². The summed E-state index contributed by atoms with van der Waals surface area (Å²) in [6.45, 7) is 3.00. The van der Waals surface area contributed by atoms with E-state index in [1.807, 2.05) is 6.92 Å². The molecular formula is C7H12ClN5O. The van der Waals surface area contributed by atoms with E-state index < -0.39 is 0 Å². The van der Waals surface area contributed by atoms with Gasteiger partial charge in [0.1, 0.15) is 6.73 Å². The number of halogens is 1. The molecule has 1 heterocycles. The molecular weight excluding hydrogens is 206 g/mol. The Morgan fingerprint density at radius 2 is 1.86 bits per heavy atom. The first-order chi connectivity index (χ1) is 6.76. The Bertz CT molecular complexity index is 295. The minimum absolute atomic E-state index is 0.148. The Hall–Kier alpha value is -1.14. The average Bonchev–Trinajstić information content (AvgIpc) is 2.14. The molecule has 7 heteroatoms. The van der Waals surface area contributed by atoms with Gasteiger partial charge in [0.2, 0.25) is 17.2 Å². The molecule has 2 N–H and O–H groups in total. The summed E-state index contributed by atoms with van der Waals surface area (Å²) in [6.07, 6.45) is 0. The lowest BCUT2D eigenvalue weighted by Crippen LogP contribution is -2.10. The van der Waals surface area contributed by atoms with Gasteiger partial charge in [0, 0.05) is 13.7 Å². The van der Waals surface area contributed by atoms with Crippen molar-refractivity contribution in [1.29, 1.82) is 0 Å². The topological polar surface area (TPSA) is 72.0 Å². The smallest absolute Gasteiger partial charge is 0.230 e. The maximum atomic E-state index is 5.68. The lowest BCUT2D eigenvalue weighted by molar-refractivity contribution is 0.220. The Labute approximate surface area is 87.1 Å². The predicted molar refractivity (Wildman–Crippen MR) is 54.5 cm³/mol. The van der Waals surface area contributed by atoms with Gasteiger partial charge in [0.25, 0.3) is 0 Å². The van der Waals surface area contributed by atoms with Gasteiger partial charge in [-0.3, -0.25) is 0 Å². The van der Waals surface area contributed by atoms with Gasteiger partial charge in [-0.15, -0.1) is 0 Å². The fourth-order valence-electron chi connectivity index (χ4n) is 0.803. The van der Waals surface area contributed by atoms with Crippen molar-refractivity contribution in [2.75, 3.05) is 31.0 Å². The normalized spacial score (nSPS) is 9.93. The molecule has 14 heavy (non-hydrogen) atoms. The van der Waals surface area contributed by atoms with E-state index in [9.17, 15) is 0 Å². The van der Waals surface area contributed by atoms with Crippen molar-refractivity contribution in [3.8, 4) is 0 Å². The van der Waals surface area contributed by atoms with E-state index in [0.29, 0.717) is 18.6 Å². The molecule has 6 nitrogen and oxygen atoms in total. The van der Waals surface area contributed by atoms with Gasteiger partial charge in [-0.05, 0) is 18.5 Å². The summed E-state index contributed by atoms with van der Waals surface area (Å²) < 4.78 is 4.81. The zero-order valence-electron chi connectivity index (χ0n) is 8.04. The fourth-order valence-corrected chi connectivity index (χ4v) is 0.963. The maximum absolute atomic E-state index is 5.68. The van der Waals surface area contributed by atoms with E-state index in [-0.39, 0.29) is 5.28 Å². The third-order valence-electron chi connectivity index (χ3n) is 1.32. The first-order valence-corrected chi connectivity index (χ1v) is 4.52. The standard InChI is InChI=1S/C7H12ClN5O/c1-3-9-6-11-5(8)12-7(13-6)10-4-14-2/h3-4H2,1-2H3,(H2,9,10,11,12,13). The van der Waals surface area contributed by atoms with E-state index in [1.54, 1.807) is 7.11 Å². The number of hydrogen-bond donors (Lipinski definition) is 2. The van der Waals surface area contributed by atoms with Crippen molar-refractivity contribution >= 4 is 23.5 Å². The monoisotopic (exact) mass is 217 g/mol. The number of aromatic nitrogens is 3. The molecule has 0 aliphatic heterocycles. The maximum Gasteiger partial charge on any atom is 0.230 e. The fraction of sp³-hybridized carbons (Fsp3) is 0.571. The Kier molecular flexibility index (Phi) is 4.34. The van der Waals surface area contributed by atoms with Crippen molar-refractivity contribution in [3.63, 3.8) is 0 Å². The molecule has 1 rings (SSSR count). The minimum atomic E-state index is 0.148. The summed E-state index contributed by atoms with van der Waals surface area (Å²) in [6, 6.07) is 0. The van der Waals surface area contributed by atoms with Crippen LogP contribution in [0, 0.1) is 0 Å². The molecule has 0 unspecified atom stereocenters. The molecule has 0 bridgehead atoms. The molecule has 0 radical (unpaired) electrons. The van der Waals surface area contributed by atoms with Crippen molar-refractivity contribution in [1.82, 2.24) is 15.0 Å². The van der Waals surface area contributed by atoms with Gasteiger partial charge in [-0.25, -0.2) is 0 Å². The summed E-state index contributed by atoms with van der Waals surface area (Å²) >= 11 is 5.68. The highest BCUT2D eigenvalue weighted by Gasteiger charge is 2.02. The van der Waals surface area contributed by atoms with E-state index in [2.05, 4.69) is 25.6 Å². The number of methoxy groups -OCH3 is 1. The van der Waals surface area contributed by atoms with E-state index in [1.165, 1.54) is 0 Å². The highest BCUT2D eigenvalue weighted by molar-refractivity contribution is 6.28. The summed E-state index contributed by atoms with van der Waals surface area (Å²) in [7, 11) is 1.57. The minimum Gasteiger partial charge on any atom is -0.364 e. The largest absolute Gasteiger partial charge is 0.364 e. The second-order valence-electron chi connectivity index (χ2n) is 2.39. The van der Waals surface area contributed by atoms with Crippen LogP contribution in [0.5, 0.6) is 0 Å².